The van der Waals surface area contributed by atoms with Gasteiger partial charge in [0, 0.05) is 25.6 Å². The zero-order valence-corrected chi connectivity index (χ0v) is 8.50. The molecule has 0 saturated carbocycles. The van der Waals surface area contributed by atoms with Crippen molar-refractivity contribution in [2.45, 2.75) is 26.4 Å². The molecule has 2 N–H and O–H groups in total. The maximum Gasteiger partial charge on any atom is 0.317 e. The molecule has 1 rings (SSSR count). The summed E-state index contributed by atoms with van der Waals surface area (Å²) in [6.45, 7) is 5.22. The standard InChI is InChI=1S/C9H18N2O2/c1-9(2)6-11(8(13)10-3)5-4-7(9)12/h7,12H,4-6H2,1-3H3,(H,10,13). The van der Waals surface area contributed by atoms with Crippen molar-refractivity contribution in [2.24, 2.45) is 5.41 Å². The van der Waals surface area contributed by atoms with Gasteiger partial charge in [-0.15, -0.1) is 0 Å². The predicted octanol–water partition coefficient (Wildman–Crippen LogP) is 0.419. The van der Waals surface area contributed by atoms with Gasteiger partial charge in [0.15, 0.2) is 0 Å². The van der Waals surface area contributed by atoms with Crippen molar-refractivity contribution in [3.8, 4) is 0 Å². The molecular formula is C9H18N2O2. The van der Waals surface area contributed by atoms with Gasteiger partial charge in [-0.2, -0.15) is 0 Å². The van der Waals surface area contributed by atoms with Gasteiger partial charge < -0.3 is 15.3 Å². The fraction of sp³-hybridized carbons (Fsp3) is 0.889. The molecule has 0 aromatic carbocycles. The SMILES string of the molecule is CNC(=O)N1CCC(O)C(C)(C)C1. The Bertz CT molecular complexity index is 204. The van der Waals surface area contributed by atoms with E-state index in [4.69, 9.17) is 0 Å². The lowest BCUT2D eigenvalue weighted by molar-refractivity contribution is -0.0111. The first-order chi connectivity index (χ1) is 5.97. The summed E-state index contributed by atoms with van der Waals surface area (Å²) >= 11 is 0. The number of carbonyl (C=O) groups excluding carboxylic acids is 1. The van der Waals surface area contributed by atoms with Crippen LogP contribution in [-0.2, 0) is 0 Å². The smallest absolute Gasteiger partial charge is 0.317 e. The van der Waals surface area contributed by atoms with E-state index in [1.165, 1.54) is 0 Å². The first-order valence-electron chi connectivity index (χ1n) is 4.62. The lowest BCUT2D eigenvalue weighted by Crippen LogP contribution is -2.52. The molecule has 0 radical (unpaired) electrons. The molecule has 0 bridgehead atoms. The number of rotatable bonds is 0. The number of nitrogens with one attached hydrogen (secondary N) is 1. The average molecular weight is 186 g/mol. The molecule has 1 heterocycles. The molecular weight excluding hydrogens is 168 g/mol. The molecule has 4 heteroatoms. The summed E-state index contributed by atoms with van der Waals surface area (Å²) in [5.41, 5.74) is -0.190. The van der Waals surface area contributed by atoms with Gasteiger partial charge in [-0.1, -0.05) is 13.8 Å². The van der Waals surface area contributed by atoms with Crippen LogP contribution in [0.4, 0.5) is 4.79 Å². The van der Waals surface area contributed by atoms with E-state index in [1.807, 2.05) is 13.8 Å². The highest BCUT2D eigenvalue weighted by molar-refractivity contribution is 5.73. The molecule has 13 heavy (non-hydrogen) atoms. The molecule has 1 saturated heterocycles. The lowest BCUT2D eigenvalue weighted by Gasteiger charge is -2.41. The van der Waals surface area contributed by atoms with E-state index in [0.29, 0.717) is 19.5 Å². The Morgan fingerprint density at radius 2 is 2.23 bits per heavy atom. The minimum absolute atomic E-state index is 0.0556. The van der Waals surface area contributed by atoms with Crippen LogP contribution >= 0.6 is 0 Å². The number of nitrogens with zero attached hydrogens (tertiary/aromatic N) is 1. The van der Waals surface area contributed by atoms with Crippen molar-refractivity contribution < 1.29 is 9.90 Å². The molecule has 0 aromatic heterocycles. The van der Waals surface area contributed by atoms with Crippen LogP contribution in [0.25, 0.3) is 0 Å². The number of aliphatic hydroxyl groups is 1. The van der Waals surface area contributed by atoms with Crippen molar-refractivity contribution in [3.63, 3.8) is 0 Å². The third kappa shape index (κ3) is 2.12. The second-order valence-corrected chi connectivity index (χ2v) is 4.27. The quantitative estimate of drug-likeness (QED) is 0.576. The average Bonchev–Trinajstić information content (AvgIpc) is 2.08. The van der Waals surface area contributed by atoms with Crippen LogP contribution in [-0.4, -0.2) is 42.3 Å². The summed E-state index contributed by atoms with van der Waals surface area (Å²) in [5, 5.41) is 12.2. The number of carbonyl (C=O) groups is 1. The van der Waals surface area contributed by atoms with E-state index in [2.05, 4.69) is 5.32 Å². The maximum atomic E-state index is 11.3. The second kappa shape index (κ2) is 3.54. The fourth-order valence-corrected chi connectivity index (χ4v) is 1.68. The first kappa shape index (κ1) is 10.3. The summed E-state index contributed by atoms with van der Waals surface area (Å²) < 4.78 is 0. The number of hydrogen-bond donors (Lipinski definition) is 2. The Balaban J connectivity index is 2.60. The Morgan fingerprint density at radius 1 is 1.62 bits per heavy atom. The van der Waals surface area contributed by atoms with Crippen LogP contribution < -0.4 is 5.32 Å². The summed E-state index contributed by atoms with van der Waals surface area (Å²) in [5.74, 6) is 0. The molecule has 2 amide bonds. The van der Waals surface area contributed by atoms with Gasteiger partial charge in [-0.05, 0) is 6.42 Å². The summed E-state index contributed by atoms with van der Waals surface area (Å²) in [6, 6.07) is -0.0556. The molecule has 1 unspecified atom stereocenters. The van der Waals surface area contributed by atoms with Gasteiger partial charge in [-0.25, -0.2) is 4.79 Å². The Kier molecular flexibility index (Phi) is 2.81. The number of amides is 2. The molecule has 76 valence electrons. The monoisotopic (exact) mass is 186 g/mol. The lowest BCUT2D eigenvalue weighted by atomic mass is 9.81. The Morgan fingerprint density at radius 3 is 2.69 bits per heavy atom. The van der Waals surface area contributed by atoms with Crippen LogP contribution in [0.3, 0.4) is 0 Å². The molecule has 1 aliphatic rings. The van der Waals surface area contributed by atoms with E-state index >= 15 is 0 Å². The molecule has 1 fully saturated rings. The van der Waals surface area contributed by atoms with E-state index in [-0.39, 0.29) is 17.6 Å². The number of urea groups is 1. The number of hydrogen-bond acceptors (Lipinski definition) is 2. The van der Waals surface area contributed by atoms with Gasteiger partial charge in [-0.3, -0.25) is 0 Å². The molecule has 0 spiro atoms. The van der Waals surface area contributed by atoms with Crippen molar-refractivity contribution in [1.82, 2.24) is 10.2 Å². The molecule has 0 aromatic rings. The van der Waals surface area contributed by atoms with Crippen LogP contribution in [0, 0.1) is 5.41 Å². The minimum atomic E-state index is -0.298. The highest BCUT2D eigenvalue weighted by atomic mass is 16.3. The topological polar surface area (TPSA) is 52.6 Å². The number of piperidine rings is 1. The number of aliphatic hydroxyl groups excluding tert-OH is 1. The van der Waals surface area contributed by atoms with Gasteiger partial charge in [0.05, 0.1) is 6.10 Å². The van der Waals surface area contributed by atoms with Crippen molar-refractivity contribution >= 4 is 6.03 Å². The predicted molar refractivity (Wildman–Crippen MR) is 50.4 cm³/mol. The Labute approximate surface area is 78.9 Å². The third-order valence-corrected chi connectivity index (χ3v) is 2.67. The van der Waals surface area contributed by atoms with Crippen LogP contribution in [0.2, 0.25) is 0 Å². The maximum absolute atomic E-state index is 11.3. The first-order valence-corrected chi connectivity index (χ1v) is 4.62. The fourth-order valence-electron chi connectivity index (χ4n) is 1.68. The zero-order chi connectivity index (χ0) is 10.1. The summed E-state index contributed by atoms with van der Waals surface area (Å²) in [4.78, 5) is 13.0. The van der Waals surface area contributed by atoms with Crippen molar-refractivity contribution in [1.29, 1.82) is 0 Å². The molecule has 4 nitrogen and oxygen atoms in total. The van der Waals surface area contributed by atoms with Gasteiger partial charge in [0.1, 0.15) is 0 Å². The summed E-state index contributed by atoms with van der Waals surface area (Å²) in [6.07, 6.45) is 0.369. The van der Waals surface area contributed by atoms with Gasteiger partial charge >= 0.3 is 6.03 Å². The van der Waals surface area contributed by atoms with Crippen LogP contribution in [0.15, 0.2) is 0 Å². The Hall–Kier alpha value is -0.770. The molecule has 1 aliphatic heterocycles. The van der Waals surface area contributed by atoms with Crippen molar-refractivity contribution in [2.75, 3.05) is 20.1 Å². The molecule has 0 aliphatic carbocycles. The highest BCUT2D eigenvalue weighted by Gasteiger charge is 2.35. The van der Waals surface area contributed by atoms with Crippen molar-refractivity contribution in [3.05, 3.63) is 0 Å². The van der Waals surface area contributed by atoms with E-state index in [0.717, 1.165) is 0 Å². The largest absolute Gasteiger partial charge is 0.392 e. The normalized spacial score (nSPS) is 27.1. The van der Waals surface area contributed by atoms with Crippen LogP contribution in [0.1, 0.15) is 20.3 Å². The zero-order valence-electron chi connectivity index (χ0n) is 8.50. The van der Waals surface area contributed by atoms with E-state index in [9.17, 15) is 9.90 Å². The summed E-state index contributed by atoms with van der Waals surface area (Å²) in [7, 11) is 1.63. The molecule has 1 atom stereocenters. The van der Waals surface area contributed by atoms with E-state index in [1.54, 1.807) is 11.9 Å². The minimum Gasteiger partial charge on any atom is -0.392 e. The van der Waals surface area contributed by atoms with Gasteiger partial charge in [0.25, 0.3) is 0 Å². The van der Waals surface area contributed by atoms with Crippen LogP contribution in [0.5, 0.6) is 0 Å². The third-order valence-electron chi connectivity index (χ3n) is 2.67. The number of likely N-dealkylation sites (tertiary alicyclic amines) is 1. The van der Waals surface area contributed by atoms with E-state index < -0.39 is 0 Å². The van der Waals surface area contributed by atoms with Gasteiger partial charge in [0.2, 0.25) is 0 Å². The second-order valence-electron chi connectivity index (χ2n) is 4.27. The highest BCUT2D eigenvalue weighted by Crippen LogP contribution is 2.28.